The SMILES string of the molecule is c1ccc(-c2cccc(-c3ccc(-n4c5ccccc5c5nc6c7ncccc7n(-c7ccc(-c8cccc(-c9ccccc9)n8)cc7)c6cc54)cc3)n2)cc1. The Bertz CT molecular complexity index is 3000. The zero-order valence-corrected chi connectivity index (χ0v) is 30.2. The summed E-state index contributed by atoms with van der Waals surface area (Å²) in [6.07, 6.45) is 1.85. The van der Waals surface area contributed by atoms with Crippen molar-refractivity contribution in [1.82, 2.24) is 29.1 Å². The van der Waals surface area contributed by atoms with E-state index in [-0.39, 0.29) is 0 Å². The van der Waals surface area contributed by atoms with Crippen LogP contribution in [0.1, 0.15) is 0 Å². The first kappa shape index (κ1) is 31.8. The Hall–Kier alpha value is -7.70. The first-order chi connectivity index (χ1) is 27.8. The second kappa shape index (κ2) is 13.0. The minimum atomic E-state index is 0.872. The normalized spacial score (nSPS) is 11.6. The van der Waals surface area contributed by atoms with Gasteiger partial charge in [0.2, 0.25) is 0 Å². The van der Waals surface area contributed by atoms with Gasteiger partial charge in [-0.1, -0.05) is 115 Å². The number of hydrogen-bond acceptors (Lipinski definition) is 4. The molecule has 0 atom stereocenters. The fourth-order valence-electron chi connectivity index (χ4n) is 7.94. The summed E-state index contributed by atoms with van der Waals surface area (Å²) in [5, 5.41) is 1.09. The largest absolute Gasteiger partial charge is 0.308 e. The van der Waals surface area contributed by atoms with E-state index in [1.165, 1.54) is 0 Å². The van der Waals surface area contributed by atoms with Crippen LogP contribution in [0.25, 0.3) is 100 Å². The fraction of sp³-hybridized carbons (Fsp3) is 0. The van der Waals surface area contributed by atoms with Crippen molar-refractivity contribution in [3.8, 4) is 56.4 Å². The molecule has 0 unspecified atom stereocenters. The Morgan fingerprint density at radius 3 is 1.34 bits per heavy atom. The molecule has 262 valence electrons. The van der Waals surface area contributed by atoms with E-state index in [0.717, 1.165) is 100 Å². The number of nitrogens with zero attached hydrogens (tertiary/aromatic N) is 6. The van der Waals surface area contributed by atoms with Gasteiger partial charge in [-0.05, 0) is 72.8 Å². The highest BCUT2D eigenvalue weighted by atomic mass is 15.0. The second-order valence-electron chi connectivity index (χ2n) is 13.9. The van der Waals surface area contributed by atoms with Crippen molar-refractivity contribution in [2.75, 3.05) is 0 Å². The van der Waals surface area contributed by atoms with Crippen LogP contribution in [-0.2, 0) is 0 Å². The Kier molecular flexibility index (Phi) is 7.38. The molecule has 0 bridgehead atoms. The van der Waals surface area contributed by atoms with E-state index < -0.39 is 0 Å². The van der Waals surface area contributed by atoms with Crippen molar-refractivity contribution >= 4 is 44.0 Å². The maximum Gasteiger partial charge on any atom is 0.116 e. The number of aromatic nitrogens is 6. The summed E-state index contributed by atoms with van der Waals surface area (Å²) >= 11 is 0. The van der Waals surface area contributed by atoms with Gasteiger partial charge in [-0.3, -0.25) is 4.98 Å². The van der Waals surface area contributed by atoms with Gasteiger partial charge in [-0.25, -0.2) is 15.0 Å². The summed E-state index contributed by atoms with van der Waals surface area (Å²) in [6, 6.07) is 65.2. The first-order valence-electron chi connectivity index (χ1n) is 18.7. The van der Waals surface area contributed by atoms with E-state index in [2.05, 4.69) is 155 Å². The van der Waals surface area contributed by atoms with Gasteiger partial charge >= 0.3 is 0 Å². The molecule has 0 aliphatic heterocycles. The molecule has 0 aliphatic rings. The lowest BCUT2D eigenvalue weighted by Crippen LogP contribution is -1.97. The monoisotopic (exact) mass is 716 g/mol. The maximum absolute atomic E-state index is 5.41. The van der Waals surface area contributed by atoms with Crippen LogP contribution in [0.15, 0.2) is 194 Å². The third kappa shape index (κ3) is 5.27. The third-order valence-corrected chi connectivity index (χ3v) is 10.6. The second-order valence-corrected chi connectivity index (χ2v) is 13.9. The average Bonchev–Trinajstić information content (AvgIpc) is 3.78. The standard InChI is InChI=1S/C50H32N6/c1-3-12-33(13-4-1)40-17-9-19-42(52-40)35-23-27-37(28-24-35)55-44-21-8-7-16-39(44)48-46(55)32-47-50(54-48)49-45(22-11-31-51-49)56(47)38-29-25-36(26-30-38)43-20-10-18-41(53-43)34-14-5-2-6-15-34/h1-32H. The first-order valence-corrected chi connectivity index (χ1v) is 18.7. The molecule has 6 aromatic heterocycles. The van der Waals surface area contributed by atoms with Crippen LogP contribution in [0, 0.1) is 0 Å². The van der Waals surface area contributed by atoms with Crippen LogP contribution in [0.5, 0.6) is 0 Å². The molecule has 6 nitrogen and oxygen atoms in total. The number of benzene rings is 5. The number of para-hydroxylation sites is 1. The molecule has 56 heavy (non-hydrogen) atoms. The summed E-state index contributed by atoms with van der Waals surface area (Å²) in [5.41, 5.74) is 17.0. The lowest BCUT2D eigenvalue weighted by atomic mass is 10.1. The molecule has 11 rings (SSSR count). The molecule has 0 amide bonds. The van der Waals surface area contributed by atoms with Crippen LogP contribution in [0.4, 0.5) is 0 Å². The van der Waals surface area contributed by atoms with Gasteiger partial charge in [0.15, 0.2) is 0 Å². The van der Waals surface area contributed by atoms with Crippen molar-refractivity contribution < 1.29 is 0 Å². The predicted molar refractivity (Wildman–Crippen MR) is 228 cm³/mol. The molecular formula is C50H32N6. The molecule has 0 saturated carbocycles. The van der Waals surface area contributed by atoms with Crippen molar-refractivity contribution in [3.05, 3.63) is 194 Å². The van der Waals surface area contributed by atoms with Crippen LogP contribution >= 0.6 is 0 Å². The molecular weight excluding hydrogens is 685 g/mol. The van der Waals surface area contributed by atoms with E-state index in [0.29, 0.717) is 0 Å². The van der Waals surface area contributed by atoms with Crippen LogP contribution in [0.3, 0.4) is 0 Å². The molecule has 6 heteroatoms. The van der Waals surface area contributed by atoms with Crippen LogP contribution < -0.4 is 0 Å². The Morgan fingerprint density at radius 2 is 0.768 bits per heavy atom. The molecule has 0 saturated heterocycles. The van der Waals surface area contributed by atoms with Crippen molar-refractivity contribution in [1.29, 1.82) is 0 Å². The summed E-state index contributed by atoms with van der Waals surface area (Å²) in [7, 11) is 0. The molecule has 11 aromatic rings. The minimum absolute atomic E-state index is 0.872. The molecule has 0 radical (unpaired) electrons. The highest BCUT2D eigenvalue weighted by molar-refractivity contribution is 6.14. The predicted octanol–water partition coefficient (Wildman–Crippen LogP) is 12.1. The Labute approximate surface area is 322 Å². The zero-order valence-electron chi connectivity index (χ0n) is 30.2. The van der Waals surface area contributed by atoms with Gasteiger partial charge in [0.25, 0.3) is 0 Å². The van der Waals surface area contributed by atoms with E-state index >= 15 is 0 Å². The van der Waals surface area contributed by atoms with Crippen molar-refractivity contribution in [3.63, 3.8) is 0 Å². The summed E-state index contributed by atoms with van der Waals surface area (Å²) in [4.78, 5) is 20.3. The average molecular weight is 717 g/mol. The highest BCUT2D eigenvalue weighted by Crippen LogP contribution is 2.38. The molecule has 0 aliphatic carbocycles. The summed E-state index contributed by atoms with van der Waals surface area (Å²) < 4.78 is 4.59. The van der Waals surface area contributed by atoms with E-state index in [1.807, 2.05) is 48.7 Å². The Morgan fingerprint density at radius 1 is 0.304 bits per heavy atom. The van der Waals surface area contributed by atoms with Crippen LogP contribution in [0.2, 0.25) is 0 Å². The quantitative estimate of drug-likeness (QED) is 0.172. The lowest BCUT2D eigenvalue weighted by molar-refractivity contribution is 1.16. The molecule has 0 spiro atoms. The number of pyridine rings is 4. The minimum Gasteiger partial charge on any atom is -0.308 e. The molecule has 6 heterocycles. The Balaban J connectivity index is 1.04. The third-order valence-electron chi connectivity index (χ3n) is 10.6. The van der Waals surface area contributed by atoms with Gasteiger partial charge in [-0.2, -0.15) is 0 Å². The van der Waals surface area contributed by atoms with Gasteiger partial charge in [0, 0.05) is 45.2 Å². The molecule has 0 fully saturated rings. The van der Waals surface area contributed by atoms with Crippen molar-refractivity contribution in [2.45, 2.75) is 0 Å². The molecule has 5 aromatic carbocycles. The van der Waals surface area contributed by atoms with Gasteiger partial charge < -0.3 is 9.13 Å². The fourth-order valence-corrected chi connectivity index (χ4v) is 7.94. The van der Waals surface area contributed by atoms with E-state index in [1.54, 1.807) is 0 Å². The smallest absolute Gasteiger partial charge is 0.116 e. The summed E-state index contributed by atoms with van der Waals surface area (Å²) in [6.45, 7) is 0. The van der Waals surface area contributed by atoms with E-state index in [9.17, 15) is 0 Å². The van der Waals surface area contributed by atoms with E-state index in [4.69, 9.17) is 19.9 Å². The van der Waals surface area contributed by atoms with Gasteiger partial charge in [0.1, 0.15) is 11.0 Å². The van der Waals surface area contributed by atoms with Crippen LogP contribution in [-0.4, -0.2) is 29.1 Å². The highest BCUT2D eigenvalue weighted by Gasteiger charge is 2.20. The van der Waals surface area contributed by atoms with Crippen molar-refractivity contribution in [2.24, 2.45) is 0 Å². The molecule has 0 N–H and O–H groups in total. The number of fused-ring (bicyclic) bond motifs is 6. The van der Waals surface area contributed by atoms with Gasteiger partial charge in [0.05, 0.1) is 50.4 Å². The lowest BCUT2D eigenvalue weighted by Gasteiger charge is -2.11. The number of hydrogen-bond donors (Lipinski definition) is 0. The maximum atomic E-state index is 5.41. The number of rotatable bonds is 6. The van der Waals surface area contributed by atoms with Gasteiger partial charge in [-0.15, -0.1) is 0 Å². The summed E-state index contributed by atoms with van der Waals surface area (Å²) in [5.74, 6) is 0. The zero-order chi connectivity index (χ0) is 37.0. The topological polar surface area (TPSA) is 61.4 Å².